The van der Waals surface area contributed by atoms with Crippen LogP contribution in [0.1, 0.15) is 0 Å². The Morgan fingerprint density at radius 2 is 1.60 bits per heavy atom. The summed E-state index contributed by atoms with van der Waals surface area (Å²) < 4.78 is 6.91. The Bertz CT molecular complexity index is 971. The van der Waals surface area contributed by atoms with Crippen molar-refractivity contribution in [3.63, 3.8) is 0 Å². The molecule has 2 aromatic heterocycles. The molecule has 0 aliphatic carbocycles. The van der Waals surface area contributed by atoms with Crippen LogP contribution in [0.2, 0.25) is 0 Å². The van der Waals surface area contributed by atoms with Gasteiger partial charge in [0, 0.05) is 5.39 Å². The van der Waals surface area contributed by atoms with E-state index in [1.807, 2.05) is 48.5 Å². The molecule has 0 radical (unpaired) electrons. The van der Waals surface area contributed by atoms with E-state index in [1.54, 1.807) is 10.7 Å². The predicted molar refractivity (Wildman–Crippen MR) is 74.9 cm³/mol. The van der Waals surface area contributed by atoms with E-state index in [-0.39, 0.29) is 5.71 Å². The van der Waals surface area contributed by atoms with Crippen LogP contribution in [0, 0.1) is 0 Å². The lowest BCUT2D eigenvalue weighted by molar-refractivity contribution is 0.556. The highest BCUT2D eigenvalue weighted by Crippen LogP contribution is 2.23. The van der Waals surface area contributed by atoms with Crippen molar-refractivity contribution in [2.45, 2.75) is 0 Å². The summed E-state index contributed by atoms with van der Waals surface area (Å²) in [6.07, 6.45) is 0. The van der Waals surface area contributed by atoms with E-state index >= 15 is 0 Å². The van der Waals surface area contributed by atoms with Crippen LogP contribution in [-0.4, -0.2) is 15.0 Å². The molecule has 0 saturated heterocycles. The van der Waals surface area contributed by atoms with Gasteiger partial charge in [0.25, 0.3) is 5.71 Å². The summed E-state index contributed by atoms with van der Waals surface area (Å²) in [6.45, 7) is 0. The summed E-state index contributed by atoms with van der Waals surface area (Å²) in [7, 11) is 0. The van der Waals surface area contributed by atoms with Gasteiger partial charge in [-0.3, -0.25) is 0 Å². The normalized spacial score (nSPS) is 11.2. The Labute approximate surface area is 113 Å². The average Bonchev–Trinajstić information content (AvgIpc) is 2.92. The number of aromatic nitrogens is 3. The van der Waals surface area contributed by atoms with Crippen molar-refractivity contribution < 1.29 is 4.42 Å². The highest BCUT2D eigenvalue weighted by molar-refractivity contribution is 6.01. The maximum Gasteiger partial charge on any atom is 0.345 e. The highest BCUT2D eigenvalue weighted by atomic mass is 16.4. The molecule has 0 amide bonds. The van der Waals surface area contributed by atoms with Gasteiger partial charge in [0.1, 0.15) is 5.52 Å². The summed E-state index contributed by atoms with van der Waals surface area (Å²) in [6, 6.07) is 16.9. The molecule has 2 heterocycles. The second kappa shape index (κ2) is 4.03. The highest BCUT2D eigenvalue weighted by Gasteiger charge is 2.14. The lowest BCUT2D eigenvalue weighted by Gasteiger charge is -2.03. The van der Waals surface area contributed by atoms with Gasteiger partial charge in [-0.25, -0.2) is 9.48 Å². The fraction of sp³-hybridized carbons (Fsp3) is 0. The van der Waals surface area contributed by atoms with Gasteiger partial charge in [0.2, 0.25) is 0 Å². The van der Waals surface area contributed by atoms with Crippen LogP contribution < -0.4 is 5.63 Å². The van der Waals surface area contributed by atoms with Crippen LogP contribution in [0.3, 0.4) is 0 Å². The smallest absolute Gasteiger partial charge is 0.345 e. The van der Waals surface area contributed by atoms with Crippen LogP contribution in [0.15, 0.2) is 63.8 Å². The van der Waals surface area contributed by atoms with Crippen molar-refractivity contribution >= 4 is 22.0 Å². The number of hydrogen-bond donors (Lipinski definition) is 0. The number of benzene rings is 2. The summed E-state index contributed by atoms with van der Waals surface area (Å²) in [5, 5.41) is 9.36. The predicted octanol–water partition coefficient (Wildman–Crippen LogP) is 2.53. The van der Waals surface area contributed by atoms with E-state index in [0.29, 0.717) is 10.9 Å². The molecule has 0 N–H and O–H groups in total. The van der Waals surface area contributed by atoms with Crippen molar-refractivity contribution in [1.82, 2.24) is 15.0 Å². The Balaban J connectivity index is 2.20. The van der Waals surface area contributed by atoms with Crippen molar-refractivity contribution in [3.8, 4) is 5.69 Å². The van der Waals surface area contributed by atoms with Gasteiger partial charge >= 0.3 is 5.63 Å². The van der Waals surface area contributed by atoms with E-state index in [1.165, 1.54) is 0 Å². The molecule has 5 nitrogen and oxygen atoms in total. The fourth-order valence-electron chi connectivity index (χ4n) is 2.33. The SMILES string of the molecule is O=c1oc2nnn(-c3ccccc3)c2c2ccccc12. The molecule has 4 rings (SSSR count). The van der Waals surface area contributed by atoms with Gasteiger partial charge in [-0.2, -0.15) is 0 Å². The zero-order chi connectivity index (χ0) is 13.5. The maximum absolute atomic E-state index is 11.9. The molecule has 0 aliphatic heterocycles. The largest absolute Gasteiger partial charge is 0.400 e. The molecule has 0 bridgehead atoms. The van der Waals surface area contributed by atoms with Gasteiger partial charge in [-0.1, -0.05) is 46.7 Å². The molecule has 0 fully saturated rings. The Morgan fingerprint density at radius 3 is 2.40 bits per heavy atom. The van der Waals surface area contributed by atoms with Gasteiger partial charge in [-0.15, -0.1) is 0 Å². The molecule has 0 saturated carbocycles. The third kappa shape index (κ3) is 1.46. The number of fused-ring (bicyclic) bond motifs is 3. The number of hydrogen-bond acceptors (Lipinski definition) is 4. The van der Waals surface area contributed by atoms with E-state index in [9.17, 15) is 4.79 Å². The molecular weight excluding hydrogens is 254 g/mol. The third-order valence-electron chi connectivity index (χ3n) is 3.23. The number of rotatable bonds is 1. The van der Waals surface area contributed by atoms with Crippen molar-refractivity contribution in [2.75, 3.05) is 0 Å². The molecule has 96 valence electrons. The molecular formula is C15H9N3O2. The summed E-state index contributed by atoms with van der Waals surface area (Å²) in [4.78, 5) is 11.9. The van der Waals surface area contributed by atoms with Crippen LogP contribution in [0.5, 0.6) is 0 Å². The topological polar surface area (TPSA) is 60.9 Å². The Kier molecular flexibility index (Phi) is 2.20. The quantitative estimate of drug-likeness (QED) is 0.529. The Hall–Kier alpha value is -2.95. The minimum atomic E-state index is -0.395. The van der Waals surface area contributed by atoms with Gasteiger partial charge in [0.15, 0.2) is 0 Å². The van der Waals surface area contributed by atoms with Gasteiger partial charge in [0.05, 0.1) is 11.1 Å². The lowest BCUT2D eigenvalue weighted by Crippen LogP contribution is -2.01. The fourth-order valence-corrected chi connectivity index (χ4v) is 2.33. The molecule has 0 atom stereocenters. The maximum atomic E-state index is 11.9. The number of nitrogens with zero attached hydrogens (tertiary/aromatic N) is 3. The van der Waals surface area contributed by atoms with E-state index in [4.69, 9.17) is 4.42 Å². The molecule has 0 spiro atoms. The molecule has 4 aromatic rings. The number of para-hydroxylation sites is 1. The first-order chi connectivity index (χ1) is 9.84. The van der Waals surface area contributed by atoms with E-state index in [0.717, 1.165) is 11.1 Å². The molecule has 2 aromatic carbocycles. The third-order valence-corrected chi connectivity index (χ3v) is 3.23. The summed E-state index contributed by atoms with van der Waals surface area (Å²) >= 11 is 0. The molecule has 0 aliphatic rings. The first-order valence-electron chi connectivity index (χ1n) is 6.17. The minimum absolute atomic E-state index is 0.248. The monoisotopic (exact) mass is 263 g/mol. The minimum Gasteiger partial charge on any atom is -0.400 e. The van der Waals surface area contributed by atoms with Crippen LogP contribution in [0.4, 0.5) is 0 Å². The van der Waals surface area contributed by atoms with E-state index < -0.39 is 5.63 Å². The van der Waals surface area contributed by atoms with Crippen molar-refractivity contribution in [2.24, 2.45) is 0 Å². The summed E-state index contributed by atoms with van der Waals surface area (Å²) in [5.41, 5.74) is 1.42. The van der Waals surface area contributed by atoms with Crippen LogP contribution >= 0.6 is 0 Å². The summed E-state index contributed by atoms with van der Waals surface area (Å²) in [5.74, 6) is 0. The van der Waals surface area contributed by atoms with Gasteiger partial charge in [-0.05, 0) is 18.2 Å². The lowest BCUT2D eigenvalue weighted by atomic mass is 10.1. The molecule has 20 heavy (non-hydrogen) atoms. The van der Waals surface area contributed by atoms with Gasteiger partial charge < -0.3 is 4.42 Å². The second-order valence-corrected chi connectivity index (χ2v) is 4.43. The van der Waals surface area contributed by atoms with Crippen LogP contribution in [-0.2, 0) is 0 Å². The first-order valence-corrected chi connectivity index (χ1v) is 6.17. The second-order valence-electron chi connectivity index (χ2n) is 4.43. The Morgan fingerprint density at radius 1 is 0.900 bits per heavy atom. The van der Waals surface area contributed by atoms with Crippen molar-refractivity contribution in [1.29, 1.82) is 0 Å². The van der Waals surface area contributed by atoms with Crippen molar-refractivity contribution in [3.05, 3.63) is 65.0 Å². The average molecular weight is 263 g/mol. The molecule has 0 unspecified atom stereocenters. The van der Waals surface area contributed by atoms with Crippen LogP contribution in [0.25, 0.3) is 27.7 Å². The molecule has 5 heteroatoms. The standard InChI is InChI=1S/C15H9N3O2/c19-15-12-9-5-4-8-11(12)13-14(20-15)16-17-18(13)10-6-2-1-3-7-10/h1-9H. The first kappa shape index (κ1) is 10.9. The van der Waals surface area contributed by atoms with E-state index in [2.05, 4.69) is 10.3 Å². The zero-order valence-electron chi connectivity index (χ0n) is 10.4. The zero-order valence-corrected chi connectivity index (χ0v) is 10.4.